The molecule has 1 N–H and O–H groups in total. The second-order valence-electron chi connectivity index (χ2n) is 7.76. The second kappa shape index (κ2) is 9.15. The molecule has 0 radical (unpaired) electrons. The fourth-order valence-corrected chi connectivity index (χ4v) is 3.96. The Kier molecular flexibility index (Phi) is 6.82. The van der Waals surface area contributed by atoms with Crippen molar-refractivity contribution in [2.24, 2.45) is 10.9 Å². The highest BCUT2D eigenvalue weighted by molar-refractivity contribution is 5.80. The first-order chi connectivity index (χ1) is 13.8. The number of nitrogens with zero attached hydrogens (tertiary/aromatic N) is 3. The van der Waals surface area contributed by atoms with E-state index in [4.69, 9.17) is 0 Å². The van der Waals surface area contributed by atoms with E-state index in [9.17, 15) is 18.0 Å². The summed E-state index contributed by atoms with van der Waals surface area (Å²) >= 11 is 0. The summed E-state index contributed by atoms with van der Waals surface area (Å²) in [5, 5.41) is 3.00. The molecule has 1 aromatic rings. The van der Waals surface area contributed by atoms with E-state index in [1.165, 1.54) is 0 Å². The predicted molar refractivity (Wildman–Crippen MR) is 109 cm³/mol. The number of alkyl halides is 3. The highest BCUT2D eigenvalue weighted by Gasteiger charge is 2.36. The van der Waals surface area contributed by atoms with E-state index in [0.717, 1.165) is 24.8 Å². The number of hydrogen-bond donors (Lipinski definition) is 1. The van der Waals surface area contributed by atoms with Crippen molar-refractivity contribution in [1.29, 1.82) is 0 Å². The van der Waals surface area contributed by atoms with Gasteiger partial charge in [-0.15, -0.1) is 0 Å². The molecule has 160 valence electrons. The summed E-state index contributed by atoms with van der Waals surface area (Å²) in [4.78, 5) is 20.7. The third-order valence-electron chi connectivity index (χ3n) is 5.85. The predicted octanol–water partition coefficient (Wildman–Crippen LogP) is 3.64. The van der Waals surface area contributed by atoms with Crippen LogP contribution in [0, 0.1) is 5.92 Å². The maximum atomic E-state index is 13.3. The Morgan fingerprint density at radius 1 is 1.31 bits per heavy atom. The van der Waals surface area contributed by atoms with E-state index in [2.05, 4.69) is 27.0 Å². The van der Waals surface area contributed by atoms with Crippen LogP contribution in [-0.4, -0.2) is 56.8 Å². The molecule has 3 rings (SSSR count). The van der Waals surface area contributed by atoms with Crippen molar-refractivity contribution in [2.45, 2.75) is 38.8 Å². The Balaban J connectivity index is 1.64. The van der Waals surface area contributed by atoms with Gasteiger partial charge in [-0.1, -0.05) is 6.92 Å². The van der Waals surface area contributed by atoms with E-state index in [-0.39, 0.29) is 17.5 Å². The van der Waals surface area contributed by atoms with Gasteiger partial charge in [-0.25, -0.2) is 0 Å². The van der Waals surface area contributed by atoms with Crippen LogP contribution < -0.4 is 10.2 Å². The number of rotatable bonds is 6. The Morgan fingerprint density at radius 3 is 2.69 bits per heavy atom. The van der Waals surface area contributed by atoms with E-state index >= 15 is 0 Å². The smallest absolute Gasteiger partial charge is 0.371 e. The number of nitrogens with one attached hydrogen (secondary N) is 1. The molecule has 1 amide bonds. The normalized spacial score (nSPS) is 17.5. The fourth-order valence-electron chi connectivity index (χ4n) is 3.96. The first kappa shape index (κ1) is 21.6. The van der Waals surface area contributed by atoms with Crippen LogP contribution in [0.25, 0.3) is 0 Å². The zero-order valence-electron chi connectivity index (χ0n) is 17.1. The van der Waals surface area contributed by atoms with Crippen LogP contribution >= 0.6 is 0 Å². The number of benzene rings is 1. The Labute approximate surface area is 170 Å². The summed E-state index contributed by atoms with van der Waals surface area (Å²) in [6.45, 7) is 5.79. The molecule has 2 aliphatic heterocycles. The van der Waals surface area contributed by atoms with Gasteiger partial charge in [0.05, 0.1) is 11.3 Å². The lowest BCUT2D eigenvalue weighted by Crippen LogP contribution is -2.42. The van der Waals surface area contributed by atoms with E-state index < -0.39 is 11.7 Å². The lowest BCUT2D eigenvalue weighted by atomic mass is 9.93. The van der Waals surface area contributed by atoms with Gasteiger partial charge in [0.15, 0.2) is 0 Å². The highest BCUT2D eigenvalue weighted by Crippen LogP contribution is 2.44. The molecule has 2 heterocycles. The van der Waals surface area contributed by atoms with Crippen LogP contribution in [0.2, 0.25) is 0 Å². The summed E-state index contributed by atoms with van der Waals surface area (Å²) in [5.74, 6) is 0.0367. The van der Waals surface area contributed by atoms with Crippen molar-refractivity contribution in [3.8, 4) is 0 Å². The van der Waals surface area contributed by atoms with Crippen molar-refractivity contribution < 1.29 is 18.0 Å². The highest BCUT2D eigenvalue weighted by atomic mass is 19.4. The molecule has 1 saturated heterocycles. The van der Waals surface area contributed by atoms with E-state index in [1.807, 2.05) is 7.05 Å². The number of halogens is 3. The van der Waals surface area contributed by atoms with Crippen LogP contribution in [0.5, 0.6) is 0 Å². The molecule has 8 heteroatoms. The van der Waals surface area contributed by atoms with Crippen molar-refractivity contribution in [2.75, 3.05) is 44.7 Å². The summed E-state index contributed by atoms with van der Waals surface area (Å²) in [6.07, 6.45) is -0.235. The molecule has 0 atom stereocenters. The third kappa shape index (κ3) is 5.10. The average molecular weight is 410 g/mol. The van der Waals surface area contributed by atoms with Crippen molar-refractivity contribution >= 4 is 23.5 Å². The summed E-state index contributed by atoms with van der Waals surface area (Å²) < 4.78 is 40.0. The lowest BCUT2D eigenvalue weighted by Gasteiger charge is -2.35. The summed E-state index contributed by atoms with van der Waals surface area (Å²) in [7, 11) is 2.01. The van der Waals surface area contributed by atoms with Crippen LogP contribution in [0.3, 0.4) is 0 Å². The SMILES string of the molecule is CCN(C)CCNC(=O)C1CCN(c2ccc(C(F)(F)F)c3c2CCC=N3)CC1. The van der Waals surface area contributed by atoms with Gasteiger partial charge in [-0.3, -0.25) is 9.79 Å². The third-order valence-corrected chi connectivity index (χ3v) is 5.85. The Morgan fingerprint density at radius 2 is 2.03 bits per heavy atom. The van der Waals surface area contributed by atoms with Gasteiger partial charge in [-0.2, -0.15) is 13.2 Å². The Hall–Kier alpha value is -2.09. The quantitative estimate of drug-likeness (QED) is 0.779. The lowest BCUT2D eigenvalue weighted by molar-refractivity contribution is -0.137. The number of anilines is 1. The fraction of sp³-hybridized carbons (Fsp3) is 0.619. The maximum absolute atomic E-state index is 13.3. The van der Waals surface area contributed by atoms with Gasteiger partial charge in [0, 0.05) is 49.6 Å². The Bertz CT molecular complexity index is 755. The largest absolute Gasteiger partial charge is 0.418 e. The second-order valence-corrected chi connectivity index (χ2v) is 7.76. The topological polar surface area (TPSA) is 47.9 Å². The molecule has 0 aliphatic carbocycles. The minimum Gasteiger partial charge on any atom is -0.371 e. The van der Waals surface area contributed by atoms with Gasteiger partial charge in [-0.05, 0) is 51.4 Å². The van der Waals surface area contributed by atoms with Gasteiger partial charge in [0.25, 0.3) is 0 Å². The molecule has 0 aromatic heterocycles. The maximum Gasteiger partial charge on any atom is 0.418 e. The first-order valence-corrected chi connectivity index (χ1v) is 10.3. The number of carbonyl (C=O) groups is 1. The van der Waals surface area contributed by atoms with E-state index in [0.29, 0.717) is 50.9 Å². The van der Waals surface area contributed by atoms with E-state index in [1.54, 1.807) is 12.3 Å². The average Bonchev–Trinajstić information content (AvgIpc) is 2.72. The molecular formula is C21H29F3N4O. The molecule has 0 saturated carbocycles. The zero-order chi connectivity index (χ0) is 21.0. The number of likely N-dealkylation sites (N-methyl/N-ethyl adjacent to an activating group) is 1. The molecule has 29 heavy (non-hydrogen) atoms. The molecule has 1 fully saturated rings. The van der Waals surface area contributed by atoms with Crippen molar-refractivity contribution in [3.05, 3.63) is 23.3 Å². The van der Waals surface area contributed by atoms with Crippen LogP contribution in [0.15, 0.2) is 17.1 Å². The van der Waals surface area contributed by atoms with Crippen molar-refractivity contribution in [3.63, 3.8) is 0 Å². The minimum absolute atomic E-state index is 0.0403. The summed E-state index contributed by atoms with van der Waals surface area (Å²) in [6, 6.07) is 2.71. The van der Waals surface area contributed by atoms with Crippen LogP contribution in [0.1, 0.15) is 37.3 Å². The van der Waals surface area contributed by atoms with Gasteiger partial charge < -0.3 is 15.1 Å². The van der Waals surface area contributed by atoms with Gasteiger partial charge in [0.1, 0.15) is 0 Å². The number of aliphatic imine (C=N–C) groups is 1. The van der Waals surface area contributed by atoms with Gasteiger partial charge >= 0.3 is 6.18 Å². The number of amides is 1. The number of carbonyl (C=O) groups excluding carboxylic acids is 1. The molecule has 0 spiro atoms. The molecule has 2 aliphatic rings. The standard InChI is InChI=1S/C21H29F3N4O/c1-3-27(2)14-11-26-20(29)15-8-12-28(13-9-15)18-7-6-17(21(22,23)24)19-16(18)5-4-10-25-19/h6-7,10,15H,3-5,8-9,11-14H2,1-2H3,(H,26,29). The molecule has 0 unspecified atom stereocenters. The number of piperidine rings is 1. The molecule has 1 aromatic carbocycles. The number of fused-ring (bicyclic) bond motifs is 1. The number of hydrogen-bond acceptors (Lipinski definition) is 4. The minimum atomic E-state index is -4.41. The monoisotopic (exact) mass is 410 g/mol. The van der Waals surface area contributed by atoms with Crippen molar-refractivity contribution in [1.82, 2.24) is 10.2 Å². The zero-order valence-corrected chi connectivity index (χ0v) is 17.1. The first-order valence-electron chi connectivity index (χ1n) is 10.3. The van der Waals surface area contributed by atoms with Gasteiger partial charge in [0.2, 0.25) is 5.91 Å². The molecular weight excluding hydrogens is 381 g/mol. The van der Waals surface area contributed by atoms with Crippen LogP contribution in [-0.2, 0) is 17.4 Å². The summed E-state index contributed by atoms with van der Waals surface area (Å²) in [5.41, 5.74) is 0.890. The van der Waals surface area contributed by atoms with Crippen LogP contribution in [0.4, 0.5) is 24.5 Å². The molecule has 5 nitrogen and oxygen atoms in total. The molecule has 0 bridgehead atoms.